The lowest BCUT2D eigenvalue weighted by Crippen LogP contribution is -2.35. The fraction of sp³-hybridized carbons (Fsp3) is 0.0455. The molecule has 7 aromatic rings. The molecule has 0 aliphatic carbocycles. The molecular weight excluding hydrogens is 627 g/mol. The van der Waals surface area contributed by atoms with Crippen molar-refractivity contribution >= 4 is 11.7 Å². The highest BCUT2D eigenvalue weighted by Gasteiger charge is 2.27. The number of hydrogen-bond acceptors (Lipinski definition) is 7. The van der Waals surface area contributed by atoms with Crippen molar-refractivity contribution in [2.75, 3.05) is 7.05 Å². The van der Waals surface area contributed by atoms with E-state index in [9.17, 15) is 5.26 Å². The SMILES string of the molecule is CN1C(c2cc(-c3ccc(C#N)cc3)cc(-c3nc(-c4ccccc4)nc(-c4ccccc4)n3)c2)=NC(c2ccccc2)=NC1c1ccccc1. The third kappa shape index (κ3) is 6.54. The van der Waals surface area contributed by atoms with Crippen LogP contribution in [0.2, 0.25) is 0 Å². The van der Waals surface area contributed by atoms with Crippen molar-refractivity contribution < 1.29 is 0 Å². The summed E-state index contributed by atoms with van der Waals surface area (Å²) in [6.07, 6.45) is -0.303. The smallest absolute Gasteiger partial charge is 0.164 e. The number of nitrogens with zero attached hydrogens (tertiary/aromatic N) is 7. The first-order chi connectivity index (χ1) is 25.1. The van der Waals surface area contributed by atoms with Gasteiger partial charge in [0.2, 0.25) is 0 Å². The molecule has 1 atom stereocenters. The van der Waals surface area contributed by atoms with E-state index in [1.54, 1.807) is 0 Å². The average molecular weight is 658 g/mol. The zero-order valence-corrected chi connectivity index (χ0v) is 27.8. The summed E-state index contributed by atoms with van der Waals surface area (Å²) in [4.78, 5) is 27.5. The van der Waals surface area contributed by atoms with Crippen molar-refractivity contribution in [1.29, 1.82) is 5.26 Å². The molecule has 8 rings (SSSR count). The van der Waals surface area contributed by atoms with Crippen LogP contribution >= 0.6 is 0 Å². The summed E-state index contributed by atoms with van der Waals surface area (Å²) in [6, 6.07) is 56.4. The van der Waals surface area contributed by atoms with Crippen LogP contribution in [0.25, 0.3) is 45.3 Å². The quantitative estimate of drug-likeness (QED) is 0.170. The Balaban J connectivity index is 1.35. The molecule has 242 valence electrons. The Hall–Kier alpha value is -7.04. The van der Waals surface area contributed by atoms with Crippen molar-refractivity contribution in [1.82, 2.24) is 19.9 Å². The predicted octanol–water partition coefficient (Wildman–Crippen LogP) is 9.25. The number of rotatable bonds is 7. The Morgan fingerprint density at radius 1 is 0.490 bits per heavy atom. The number of aliphatic imine (C=N–C) groups is 2. The lowest BCUT2D eigenvalue weighted by atomic mass is 9.97. The Morgan fingerprint density at radius 3 is 1.51 bits per heavy atom. The van der Waals surface area contributed by atoms with E-state index in [-0.39, 0.29) is 6.17 Å². The summed E-state index contributed by atoms with van der Waals surface area (Å²) >= 11 is 0. The van der Waals surface area contributed by atoms with Crippen molar-refractivity contribution in [2.24, 2.45) is 9.98 Å². The molecule has 7 nitrogen and oxygen atoms in total. The van der Waals surface area contributed by atoms with Gasteiger partial charge in [-0.3, -0.25) is 0 Å². The largest absolute Gasteiger partial charge is 0.333 e. The number of aromatic nitrogens is 3. The monoisotopic (exact) mass is 657 g/mol. The minimum Gasteiger partial charge on any atom is -0.333 e. The van der Waals surface area contributed by atoms with Gasteiger partial charge >= 0.3 is 0 Å². The second-order valence-electron chi connectivity index (χ2n) is 12.2. The highest BCUT2D eigenvalue weighted by molar-refractivity contribution is 6.13. The maximum Gasteiger partial charge on any atom is 0.164 e. The molecular formula is C44H31N7. The number of amidine groups is 2. The molecule has 0 radical (unpaired) electrons. The van der Waals surface area contributed by atoms with Crippen LogP contribution in [0.15, 0.2) is 174 Å². The first kappa shape index (κ1) is 31.2. The van der Waals surface area contributed by atoms with Crippen LogP contribution in [0.1, 0.15) is 28.4 Å². The van der Waals surface area contributed by atoms with E-state index in [1.165, 1.54) is 0 Å². The second kappa shape index (κ2) is 13.8. The molecule has 6 aromatic carbocycles. The molecule has 0 amide bonds. The van der Waals surface area contributed by atoms with Crippen LogP contribution in [-0.2, 0) is 0 Å². The summed E-state index contributed by atoms with van der Waals surface area (Å²) in [5.74, 6) is 3.12. The van der Waals surface area contributed by atoms with E-state index in [0.717, 1.165) is 50.3 Å². The molecule has 1 aromatic heterocycles. The third-order valence-corrected chi connectivity index (χ3v) is 8.78. The predicted molar refractivity (Wildman–Crippen MR) is 203 cm³/mol. The van der Waals surface area contributed by atoms with Crippen LogP contribution in [0, 0.1) is 11.3 Å². The van der Waals surface area contributed by atoms with Gasteiger partial charge in [0, 0.05) is 34.9 Å². The van der Waals surface area contributed by atoms with Gasteiger partial charge < -0.3 is 4.90 Å². The third-order valence-electron chi connectivity index (χ3n) is 8.78. The van der Waals surface area contributed by atoms with Crippen LogP contribution in [0.5, 0.6) is 0 Å². The molecule has 1 unspecified atom stereocenters. The van der Waals surface area contributed by atoms with Gasteiger partial charge in [0.05, 0.1) is 11.6 Å². The minimum absolute atomic E-state index is 0.303. The summed E-state index contributed by atoms with van der Waals surface area (Å²) in [5.41, 5.74) is 7.95. The van der Waals surface area contributed by atoms with Crippen LogP contribution in [-0.4, -0.2) is 38.6 Å². The topological polar surface area (TPSA) is 90.4 Å². The highest BCUT2D eigenvalue weighted by Crippen LogP contribution is 2.33. The zero-order valence-electron chi connectivity index (χ0n) is 27.8. The van der Waals surface area contributed by atoms with Gasteiger partial charge in [-0.25, -0.2) is 24.9 Å². The fourth-order valence-electron chi connectivity index (χ4n) is 6.17. The van der Waals surface area contributed by atoms with E-state index in [0.29, 0.717) is 28.9 Å². The molecule has 1 aliphatic rings. The molecule has 0 N–H and O–H groups in total. The van der Waals surface area contributed by atoms with Gasteiger partial charge in [-0.15, -0.1) is 0 Å². The molecule has 1 aliphatic heterocycles. The van der Waals surface area contributed by atoms with Crippen molar-refractivity contribution in [3.8, 4) is 51.4 Å². The Bertz CT molecular complexity index is 2360. The second-order valence-corrected chi connectivity index (χ2v) is 12.2. The summed E-state index contributed by atoms with van der Waals surface area (Å²) in [5, 5.41) is 9.51. The molecule has 0 saturated carbocycles. The lowest BCUT2D eigenvalue weighted by Gasteiger charge is -2.32. The number of benzene rings is 6. The van der Waals surface area contributed by atoms with Crippen molar-refractivity contribution in [2.45, 2.75) is 6.17 Å². The molecule has 0 spiro atoms. The molecule has 0 fully saturated rings. The molecule has 7 heteroatoms. The van der Waals surface area contributed by atoms with E-state index in [2.05, 4.69) is 41.3 Å². The fourth-order valence-corrected chi connectivity index (χ4v) is 6.17. The van der Waals surface area contributed by atoms with E-state index in [4.69, 9.17) is 24.9 Å². The first-order valence-electron chi connectivity index (χ1n) is 16.7. The van der Waals surface area contributed by atoms with Gasteiger partial charge in [-0.1, -0.05) is 133 Å². The normalized spacial score (nSPS) is 14.0. The average Bonchev–Trinajstić information content (AvgIpc) is 3.22. The van der Waals surface area contributed by atoms with Gasteiger partial charge in [0.15, 0.2) is 23.3 Å². The summed E-state index contributed by atoms with van der Waals surface area (Å²) in [6.45, 7) is 0. The van der Waals surface area contributed by atoms with Crippen molar-refractivity contribution in [3.05, 3.63) is 186 Å². The Morgan fingerprint density at radius 2 is 0.961 bits per heavy atom. The standard InChI is InChI=1S/C44H31N7/c1-51-43(35-20-12-5-13-21-35)49-41(34-18-10-4-11-19-34)50-44(51)38-27-36(31-24-22-30(29-45)23-25-31)26-37(28-38)42-47-39(32-14-6-2-7-15-32)46-40(48-42)33-16-8-3-9-17-33/h2-28,43H,1H3. The van der Waals surface area contributed by atoms with Crippen LogP contribution < -0.4 is 0 Å². The Labute approximate surface area is 296 Å². The van der Waals surface area contributed by atoms with E-state index < -0.39 is 0 Å². The van der Waals surface area contributed by atoms with Gasteiger partial charge in [-0.2, -0.15) is 5.26 Å². The maximum absolute atomic E-state index is 9.51. The first-order valence-corrected chi connectivity index (χ1v) is 16.7. The number of hydrogen-bond donors (Lipinski definition) is 0. The molecule has 51 heavy (non-hydrogen) atoms. The molecule has 0 bridgehead atoms. The zero-order chi connectivity index (χ0) is 34.6. The van der Waals surface area contributed by atoms with Gasteiger partial charge in [0.1, 0.15) is 12.0 Å². The molecule has 2 heterocycles. The summed E-state index contributed by atoms with van der Waals surface area (Å²) < 4.78 is 0. The minimum atomic E-state index is -0.303. The lowest BCUT2D eigenvalue weighted by molar-refractivity contribution is 0.383. The maximum atomic E-state index is 9.51. The van der Waals surface area contributed by atoms with E-state index in [1.807, 2.05) is 141 Å². The van der Waals surface area contributed by atoms with Gasteiger partial charge in [0.25, 0.3) is 0 Å². The summed E-state index contributed by atoms with van der Waals surface area (Å²) in [7, 11) is 2.03. The van der Waals surface area contributed by atoms with Gasteiger partial charge in [-0.05, 0) is 47.0 Å². The van der Waals surface area contributed by atoms with Crippen molar-refractivity contribution in [3.63, 3.8) is 0 Å². The Kier molecular flexibility index (Phi) is 8.47. The number of nitriles is 1. The van der Waals surface area contributed by atoms with E-state index >= 15 is 0 Å². The highest BCUT2D eigenvalue weighted by atomic mass is 15.3. The van der Waals surface area contributed by atoms with Crippen LogP contribution in [0.3, 0.4) is 0 Å². The van der Waals surface area contributed by atoms with Crippen LogP contribution in [0.4, 0.5) is 0 Å². The molecule has 0 saturated heterocycles.